The molecule has 1 aliphatic heterocycles. The Kier molecular flexibility index (Phi) is 5.34. The Morgan fingerprint density at radius 1 is 1.28 bits per heavy atom. The van der Waals surface area contributed by atoms with Crippen LogP contribution in [-0.2, 0) is 19.1 Å². The Morgan fingerprint density at radius 3 is 2.50 bits per heavy atom. The first kappa shape index (κ1) is 14.7. The highest BCUT2D eigenvalue weighted by Crippen LogP contribution is 2.27. The van der Waals surface area contributed by atoms with Crippen LogP contribution in [-0.4, -0.2) is 49.2 Å². The van der Waals surface area contributed by atoms with Crippen molar-refractivity contribution in [1.82, 2.24) is 4.90 Å². The van der Waals surface area contributed by atoms with Gasteiger partial charge in [-0.1, -0.05) is 0 Å². The molecule has 18 heavy (non-hydrogen) atoms. The summed E-state index contributed by atoms with van der Waals surface area (Å²) in [7, 11) is 1.26. The summed E-state index contributed by atoms with van der Waals surface area (Å²) in [5.74, 6) is -1.08. The zero-order chi connectivity index (χ0) is 13.6. The van der Waals surface area contributed by atoms with E-state index in [0.717, 1.165) is 25.2 Å². The van der Waals surface area contributed by atoms with Crippen LogP contribution in [0, 0.1) is 0 Å². The summed E-state index contributed by atoms with van der Waals surface area (Å²) in [4.78, 5) is 24.3. The van der Waals surface area contributed by atoms with Crippen LogP contribution in [0.1, 0.15) is 26.7 Å². The molecule has 5 heteroatoms. The molecule has 0 N–H and O–H groups in total. The minimum atomic E-state index is -0.562. The molecule has 0 aromatic heterocycles. The molecule has 0 unspecified atom stereocenters. The van der Waals surface area contributed by atoms with Gasteiger partial charge in [-0.25, -0.2) is 9.59 Å². The summed E-state index contributed by atoms with van der Waals surface area (Å²) in [6.45, 7) is 6.50. The smallest absolute Gasteiger partial charge is 0.331 e. The molecule has 5 nitrogen and oxygen atoms in total. The number of ether oxygens (including phenoxy) is 2. The number of esters is 2. The molecule has 0 aromatic rings. The van der Waals surface area contributed by atoms with Gasteiger partial charge in [0, 0.05) is 24.2 Å². The third-order valence-electron chi connectivity index (χ3n) is 3.23. The van der Waals surface area contributed by atoms with E-state index in [1.807, 2.05) is 0 Å². The summed E-state index contributed by atoms with van der Waals surface area (Å²) in [5, 5.41) is 0. The van der Waals surface area contributed by atoms with Crippen LogP contribution in [0.3, 0.4) is 0 Å². The average molecular weight is 255 g/mol. The van der Waals surface area contributed by atoms with E-state index in [9.17, 15) is 9.59 Å². The molecule has 1 rings (SSSR count). The molecule has 0 atom stereocenters. The topological polar surface area (TPSA) is 55.8 Å². The highest BCUT2D eigenvalue weighted by Gasteiger charge is 2.31. The van der Waals surface area contributed by atoms with Gasteiger partial charge in [-0.05, 0) is 33.2 Å². The van der Waals surface area contributed by atoms with Crippen molar-refractivity contribution in [3.8, 4) is 0 Å². The summed E-state index contributed by atoms with van der Waals surface area (Å²) in [6.07, 6.45) is 4.50. The maximum Gasteiger partial charge on any atom is 0.331 e. The molecule has 0 bridgehead atoms. The van der Waals surface area contributed by atoms with Gasteiger partial charge in [0.15, 0.2) is 0 Å². The molecule has 0 saturated carbocycles. The summed E-state index contributed by atoms with van der Waals surface area (Å²) < 4.78 is 9.39. The normalized spacial score (nSPS) is 19.1. The van der Waals surface area contributed by atoms with Gasteiger partial charge in [-0.15, -0.1) is 0 Å². The molecule has 0 amide bonds. The van der Waals surface area contributed by atoms with E-state index < -0.39 is 11.9 Å². The molecule has 1 fully saturated rings. The summed E-state index contributed by atoms with van der Waals surface area (Å²) in [5.41, 5.74) is 0.189. The van der Waals surface area contributed by atoms with Crippen LogP contribution in [0.2, 0.25) is 0 Å². The lowest BCUT2D eigenvalue weighted by Crippen LogP contribution is -2.40. The summed E-state index contributed by atoms with van der Waals surface area (Å²) in [6, 6.07) is 0. The van der Waals surface area contributed by atoms with Crippen LogP contribution in [0.5, 0.6) is 0 Å². The van der Waals surface area contributed by atoms with E-state index in [4.69, 9.17) is 4.74 Å². The quantitative estimate of drug-likeness (QED) is 0.544. The molecule has 1 aliphatic rings. The van der Waals surface area contributed by atoms with Crippen molar-refractivity contribution in [1.29, 1.82) is 0 Å². The first-order valence-electron chi connectivity index (χ1n) is 6.13. The summed E-state index contributed by atoms with van der Waals surface area (Å²) >= 11 is 0. The fraction of sp³-hybridized carbons (Fsp3) is 0.692. The van der Waals surface area contributed by atoms with Gasteiger partial charge in [0.2, 0.25) is 0 Å². The van der Waals surface area contributed by atoms with Gasteiger partial charge in [-0.2, -0.15) is 0 Å². The minimum absolute atomic E-state index is 0.189. The molecule has 0 aliphatic carbocycles. The van der Waals surface area contributed by atoms with Gasteiger partial charge in [0.1, 0.15) is 6.61 Å². The number of carbonyl (C=O) groups is 2. The number of nitrogens with zero attached hydrogens (tertiary/aromatic N) is 1. The fourth-order valence-corrected chi connectivity index (χ4v) is 2.09. The number of likely N-dealkylation sites (tertiary alicyclic amines) is 1. The van der Waals surface area contributed by atoms with Crippen molar-refractivity contribution in [2.24, 2.45) is 0 Å². The van der Waals surface area contributed by atoms with E-state index in [1.165, 1.54) is 20.0 Å². The van der Waals surface area contributed by atoms with Crippen LogP contribution >= 0.6 is 0 Å². The lowest BCUT2D eigenvalue weighted by atomic mass is 10.0. The van der Waals surface area contributed by atoms with E-state index >= 15 is 0 Å². The van der Waals surface area contributed by atoms with Crippen LogP contribution in [0.25, 0.3) is 0 Å². The Hall–Kier alpha value is -1.36. The van der Waals surface area contributed by atoms with Crippen LogP contribution < -0.4 is 0 Å². The first-order chi connectivity index (χ1) is 8.45. The SMILES string of the molecule is COC(=O)/C=C/C(=O)OCCN1CCCC1(C)C. The zero-order valence-corrected chi connectivity index (χ0v) is 11.3. The second kappa shape index (κ2) is 6.54. The van der Waals surface area contributed by atoms with E-state index in [1.54, 1.807) is 0 Å². The van der Waals surface area contributed by atoms with Crippen molar-refractivity contribution in [3.63, 3.8) is 0 Å². The Balaban J connectivity index is 2.24. The molecule has 0 aromatic carbocycles. The highest BCUT2D eigenvalue weighted by molar-refractivity contribution is 5.91. The predicted octanol–water partition coefficient (Wildman–Crippen LogP) is 1.13. The fourth-order valence-electron chi connectivity index (χ4n) is 2.09. The lowest BCUT2D eigenvalue weighted by Gasteiger charge is -2.31. The number of hydrogen-bond donors (Lipinski definition) is 0. The van der Waals surface area contributed by atoms with Crippen molar-refractivity contribution in [3.05, 3.63) is 12.2 Å². The second-order valence-electron chi connectivity index (χ2n) is 4.93. The van der Waals surface area contributed by atoms with Crippen molar-refractivity contribution in [2.45, 2.75) is 32.2 Å². The molecule has 0 spiro atoms. The lowest BCUT2D eigenvalue weighted by molar-refractivity contribution is -0.139. The largest absolute Gasteiger partial charge is 0.466 e. The average Bonchev–Trinajstić information content (AvgIpc) is 2.65. The number of hydrogen-bond acceptors (Lipinski definition) is 5. The van der Waals surface area contributed by atoms with E-state index in [2.05, 4.69) is 23.5 Å². The van der Waals surface area contributed by atoms with Gasteiger partial charge in [-0.3, -0.25) is 4.90 Å². The Labute approximate surface area is 108 Å². The predicted molar refractivity (Wildman–Crippen MR) is 67.0 cm³/mol. The Morgan fingerprint density at radius 2 is 1.94 bits per heavy atom. The van der Waals surface area contributed by atoms with E-state index in [-0.39, 0.29) is 5.54 Å². The third-order valence-corrected chi connectivity index (χ3v) is 3.23. The molecular formula is C13H21NO4. The van der Waals surface area contributed by atoms with Crippen LogP contribution in [0.4, 0.5) is 0 Å². The zero-order valence-electron chi connectivity index (χ0n) is 11.3. The van der Waals surface area contributed by atoms with Gasteiger partial charge in [0.05, 0.1) is 7.11 Å². The van der Waals surface area contributed by atoms with Crippen molar-refractivity contribution < 1.29 is 19.1 Å². The second-order valence-corrected chi connectivity index (χ2v) is 4.93. The third kappa shape index (κ3) is 4.49. The standard InChI is InChI=1S/C13H21NO4/c1-13(2)7-4-8-14(13)9-10-18-12(16)6-5-11(15)17-3/h5-6H,4,7-10H2,1-3H3/b6-5+. The molecule has 102 valence electrons. The number of methoxy groups -OCH3 is 1. The van der Waals surface area contributed by atoms with Crippen molar-refractivity contribution in [2.75, 3.05) is 26.8 Å². The highest BCUT2D eigenvalue weighted by atomic mass is 16.5. The van der Waals surface area contributed by atoms with Gasteiger partial charge >= 0.3 is 11.9 Å². The van der Waals surface area contributed by atoms with Crippen LogP contribution in [0.15, 0.2) is 12.2 Å². The minimum Gasteiger partial charge on any atom is -0.466 e. The van der Waals surface area contributed by atoms with Gasteiger partial charge < -0.3 is 9.47 Å². The number of rotatable bonds is 5. The molecule has 1 heterocycles. The number of carbonyl (C=O) groups excluding carboxylic acids is 2. The first-order valence-corrected chi connectivity index (χ1v) is 6.13. The van der Waals surface area contributed by atoms with Gasteiger partial charge in [0.25, 0.3) is 0 Å². The monoisotopic (exact) mass is 255 g/mol. The van der Waals surface area contributed by atoms with Crippen molar-refractivity contribution >= 4 is 11.9 Å². The van der Waals surface area contributed by atoms with E-state index in [0.29, 0.717) is 6.61 Å². The Bertz CT molecular complexity index is 336. The molecular weight excluding hydrogens is 234 g/mol. The maximum absolute atomic E-state index is 11.3. The molecule has 0 radical (unpaired) electrons. The maximum atomic E-state index is 11.3. The molecule has 1 saturated heterocycles.